The van der Waals surface area contributed by atoms with Crippen molar-refractivity contribution in [2.24, 2.45) is 4.99 Å². The van der Waals surface area contributed by atoms with Gasteiger partial charge >= 0.3 is 0 Å². The summed E-state index contributed by atoms with van der Waals surface area (Å²) in [5.41, 5.74) is 1.97. The molecule has 1 aromatic carbocycles. The third kappa shape index (κ3) is 5.46. The summed E-state index contributed by atoms with van der Waals surface area (Å²) in [4.78, 5) is 15.2. The van der Waals surface area contributed by atoms with Gasteiger partial charge < -0.3 is 16.0 Å². The van der Waals surface area contributed by atoms with Crippen molar-refractivity contribution in [1.29, 1.82) is 0 Å². The van der Waals surface area contributed by atoms with Crippen molar-refractivity contribution >= 4 is 41.5 Å². The van der Waals surface area contributed by atoms with E-state index in [0.717, 1.165) is 43.3 Å². The summed E-state index contributed by atoms with van der Waals surface area (Å²) in [5, 5.41) is 9.20. The Morgan fingerprint density at radius 2 is 2.11 bits per heavy atom. The number of rotatable bonds is 3. The highest BCUT2D eigenvalue weighted by Gasteiger charge is 2.03. The molecular weight excluding hydrogens is 355 g/mol. The molecule has 0 unspecified atom stereocenters. The molecule has 19 heavy (non-hydrogen) atoms. The number of anilines is 1. The predicted molar refractivity (Wildman–Crippen MR) is 87.9 cm³/mol. The molecule has 1 aliphatic heterocycles. The lowest BCUT2D eigenvalue weighted by Crippen LogP contribution is -2.40. The van der Waals surface area contributed by atoms with Crippen molar-refractivity contribution in [1.82, 2.24) is 10.6 Å². The summed E-state index contributed by atoms with van der Waals surface area (Å²) in [5.74, 6) is 0.814. The molecule has 0 aliphatic carbocycles. The highest BCUT2D eigenvalue weighted by molar-refractivity contribution is 14.0. The largest absolute Gasteiger partial charge is 0.356 e. The first-order valence-electron chi connectivity index (χ1n) is 6.13. The Morgan fingerprint density at radius 1 is 1.37 bits per heavy atom. The van der Waals surface area contributed by atoms with Gasteiger partial charge in [0.1, 0.15) is 0 Å². The molecule has 1 amide bonds. The maximum absolute atomic E-state index is 10.9. The van der Waals surface area contributed by atoms with Crippen LogP contribution < -0.4 is 16.0 Å². The number of nitrogens with zero attached hydrogens (tertiary/aromatic N) is 1. The van der Waals surface area contributed by atoms with Crippen molar-refractivity contribution in [2.45, 2.75) is 19.9 Å². The standard InChI is InChI=1S/C13H18N4O.HI/c1-10(18)17-12-5-3-11(4-6-12)9-16-13-14-7-2-8-15-13;/h3-6H,2,7-9H2,1H3,(H,17,18)(H2,14,15,16);1H. The van der Waals surface area contributed by atoms with Crippen LogP contribution in [0.5, 0.6) is 0 Å². The van der Waals surface area contributed by atoms with Crippen LogP contribution in [0.3, 0.4) is 0 Å². The van der Waals surface area contributed by atoms with Gasteiger partial charge in [-0.2, -0.15) is 0 Å². The number of hydrogen-bond donors (Lipinski definition) is 3. The Kier molecular flexibility index (Phi) is 6.61. The summed E-state index contributed by atoms with van der Waals surface area (Å²) < 4.78 is 0. The SMILES string of the molecule is CC(=O)Nc1ccc(CNC2=NCCCN2)cc1.I. The minimum Gasteiger partial charge on any atom is -0.356 e. The maximum atomic E-state index is 10.9. The van der Waals surface area contributed by atoms with Crippen LogP contribution in [0.1, 0.15) is 18.9 Å². The smallest absolute Gasteiger partial charge is 0.221 e. The molecule has 0 atom stereocenters. The van der Waals surface area contributed by atoms with Crippen LogP contribution in [0.2, 0.25) is 0 Å². The summed E-state index contributed by atoms with van der Waals surface area (Å²) in [6.07, 6.45) is 1.09. The molecular formula is C13H19IN4O. The lowest BCUT2D eigenvalue weighted by Gasteiger charge is -2.16. The van der Waals surface area contributed by atoms with Gasteiger partial charge in [-0.25, -0.2) is 0 Å². The van der Waals surface area contributed by atoms with E-state index < -0.39 is 0 Å². The highest BCUT2D eigenvalue weighted by atomic mass is 127. The third-order valence-corrected chi connectivity index (χ3v) is 2.63. The summed E-state index contributed by atoms with van der Waals surface area (Å²) in [6.45, 7) is 4.10. The lowest BCUT2D eigenvalue weighted by atomic mass is 10.2. The molecule has 3 N–H and O–H groups in total. The van der Waals surface area contributed by atoms with Crippen molar-refractivity contribution in [3.05, 3.63) is 29.8 Å². The Bertz CT molecular complexity index is 444. The summed E-state index contributed by atoms with van der Waals surface area (Å²) in [6, 6.07) is 7.77. The molecule has 0 saturated carbocycles. The van der Waals surface area contributed by atoms with E-state index in [4.69, 9.17) is 0 Å². The second kappa shape index (κ2) is 7.98. The average Bonchev–Trinajstić information content (AvgIpc) is 2.38. The molecule has 5 nitrogen and oxygen atoms in total. The van der Waals surface area contributed by atoms with E-state index in [1.165, 1.54) is 6.92 Å². The molecule has 0 fully saturated rings. The molecule has 0 spiro atoms. The zero-order valence-electron chi connectivity index (χ0n) is 10.9. The van der Waals surface area contributed by atoms with Crippen LogP contribution in [-0.2, 0) is 11.3 Å². The number of carbonyl (C=O) groups excluding carboxylic acids is 1. The second-order valence-electron chi connectivity index (χ2n) is 4.24. The predicted octanol–water partition coefficient (Wildman–Crippen LogP) is 1.70. The van der Waals surface area contributed by atoms with Crippen molar-refractivity contribution in [2.75, 3.05) is 18.4 Å². The number of guanidine groups is 1. The van der Waals surface area contributed by atoms with Crippen LogP contribution in [0.4, 0.5) is 5.69 Å². The van der Waals surface area contributed by atoms with E-state index in [-0.39, 0.29) is 29.9 Å². The van der Waals surface area contributed by atoms with Crippen molar-refractivity contribution in [3.63, 3.8) is 0 Å². The molecule has 6 heteroatoms. The molecule has 0 aromatic heterocycles. The minimum absolute atomic E-state index is 0. The first-order valence-corrected chi connectivity index (χ1v) is 6.13. The zero-order chi connectivity index (χ0) is 12.8. The number of halogens is 1. The van der Waals surface area contributed by atoms with E-state index in [0.29, 0.717) is 0 Å². The highest BCUT2D eigenvalue weighted by Crippen LogP contribution is 2.09. The lowest BCUT2D eigenvalue weighted by molar-refractivity contribution is -0.114. The number of hydrogen-bond acceptors (Lipinski definition) is 4. The van der Waals surface area contributed by atoms with Crippen LogP contribution >= 0.6 is 24.0 Å². The first kappa shape index (κ1) is 15.7. The molecule has 1 aromatic rings. The van der Waals surface area contributed by atoms with E-state index in [1.54, 1.807) is 0 Å². The van der Waals surface area contributed by atoms with Gasteiger partial charge in [-0.15, -0.1) is 24.0 Å². The summed E-state index contributed by atoms with van der Waals surface area (Å²) in [7, 11) is 0. The van der Waals surface area contributed by atoms with Crippen molar-refractivity contribution in [3.8, 4) is 0 Å². The van der Waals surface area contributed by atoms with Gasteiger partial charge in [-0.1, -0.05) is 12.1 Å². The Balaban J connectivity index is 0.00000180. The van der Waals surface area contributed by atoms with Crippen LogP contribution in [-0.4, -0.2) is 25.0 Å². The quantitative estimate of drug-likeness (QED) is 0.706. The molecule has 1 aliphatic rings. The molecule has 2 rings (SSSR count). The van der Waals surface area contributed by atoms with Crippen LogP contribution in [0, 0.1) is 0 Å². The average molecular weight is 374 g/mol. The Labute approximate surface area is 130 Å². The third-order valence-electron chi connectivity index (χ3n) is 2.63. The van der Waals surface area contributed by atoms with Gasteiger partial charge in [0.15, 0.2) is 5.96 Å². The van der Waals surface area contributed by atoms with Crippen LogP contribution in [0.25, 0.3) is 0 Å². The number of carbonyl (C=O) groups is 1. The van der Waals surface area contributed by atoms with Gasteiger partial charge in [-0.05, 0) is 24.1 Å². The molecule has 0 saturated heterocycles. The minimum atomic E-state index is -0.0540. The molecule has 1 heterocycles. The van der Waals surface area contributed by atoms with E-state index in [1.807, 2.05) is 24.3 Å². The number of nitrogens with one attached hydrogen (secondary N) is 3. The second-order valence-corrected chi connectivity index (χ2v) is 4.24. The van der Waals surface area contributed by atoms with Gasteiger partial charge in [0.05, 0.1) is 0 Å². The number of amides is 1. The fourth-order valence-electron chi connectivity index (χ4n) is 1.75. The fourth-order valence-corrected chi connectivity index (χ4v) is 1.75. The topological polar surface area (TPSA) is 65.5 Å². The number of benzene rings is 1. The normalized spacial score (nSPS) is 13.6. The zero-order valence-corrected chi connectivity index (χ0v) is 13.2. The monoisotopic (exact) mass is 374 g/mol. The van der Waals surface area contributed by atoms with E-state index in [2.05, 4.69) is 20.9 Å². The van der Waals surface area contributed by atoms with Crippen molar-refractivity contribution < 1.29 is 4.79 Å². The van der Waals surface area contributed by atoms with Gasteiger partial charge in [0.25, 0.3) is 0 Å². The van der Waals surface area contributed by atoms with E-state index in [9.17, 15) is 4.79 Å². The van der Waals surface area contributed by atoms with Gasteiger partial charge in [0.2, 0.25) is 5.91 Å². The van der Waals surface area contributed by atoms with Gasteiger partial charge in [0, 0.05) is 32.2 Å². The fraction of sp³-hybridized carbons (Fsp3) is 0.385. The summed E-state index contributed by atoms with van der Waals surface area (Å²) >= 11 is 0. The van der Waals surface area contributed by atoms with E-state index >= 15 is 0 Å². The first-order chi connectivity index (χ1) is 8.74. The number of aliphatic imine (C=N–C) groups is 1. The van der Waals surface area contributed by atoms with Crippen LogP contribution in [0.15, 0.2) is 29.3 Å². The molecule has 0 bridgehead atoms. The molecule has 104 valence electrons. The Morgan fingerprint density at radius 3 is 2.68 bits per heavy atom. The molecule has 0 radical (unpaired) electrons. The maximum Gasteiger partial charge on any atom is 0.221 e. The Hall–Kier alpha value is -1.31. The van der Waals surface area contributed by atoms with Gasteiger partial charge in [-0.3, -0.25) is 9.79 Å².